The molecule has 4 rings (SSSR count). The molecule has 0 amide bonds. The van der Waals surface area contributed by atoms with E-state index in [0.717, 1.165) is 22.3 Å². The molecule has 0 saturated carbocycles. The van der Waals surface area contributed by atoms with Crippen molar-refractivity contribution in [2.75, 3.05) is 0 Å². The number of aryl methyl sites for hydroxylation is 1. The van der Waals surface area contributed by atoms with Crippen LogP contribution in [0.1, 0.15) is 35.9 Å². The normalized spacial score (nSPS) is 11.7. The van der Waals surface area contributed by atoms with Gasteiger partial charge in [0.05, 0.1) is 5.56 Å². The summed E-state index contributed by atoms with van der Waals surface area (Å²) in [6.07, 6.45) is 0.892. The van der Waals surface area contributed by atoms with Crippen molar-refractivity contribution in [1.29, 1.82) is 0 Å². The standard InChI is InChI=1S/C28H23F2N3O/c1-18(2)21-14-16-25(30)23(17-21)27-32-28(34-33-27)26(31-3)22(19-9-5-4-6-10-19)15-13-20-11-7-8-12-24(20)29/h4-12,14,16-17H,1,3,13,15H2,2H3/b26-22+. The maximum atomic E-state index is 14.5. The maximum absolute atomic E-state index is 14.5. The minimum Gasteiger partial charge on any atom is -0.332 e. The van der Waals surface area contributed by atoms with Crippen LogP contribution in [0.2, 0.25) is 0 Å². The predicted octanol–water partition coefficient (Wildman–Crippen LogP) is 7.25. The maximum Gasteiger partial charge on any atom is 0.277 e. The summed E-state index contributed by atoms with van der Waals surface area (Å²) in [6, 6.07) is 20.8. The van der Waals surface area contributed by atoms with Gasteiger partial charge in [-0.3, -0.25) is 4.99 Å². The number of hydrogen-bond donors (Lipinski definition) is 0. The summed E-state index contributed by atoms with van der Waals surface area (Å²) in [5.41, 5.74) is 4.36. The van der Waals surface area contributed by atoms with Crippen molar-refractivity contribution in [2.24, 2.45) is 4.99 Å². The summed E-state index contributed by atoms with van der Waals surface area (Å²) in [4.78, 5) is 8.60. The Labute approximate surface area is 197 Å². The van der Waals surface area contributed by atoms with E-state index >= 15 is 0 Å². The third kappa shape index (κ3) is 4.91. The molecule has 0 radical (unpaired) electrons. The van der Waals surface area contributed by atoms with E-state index in [1.165, 1.54) is 12.1 Å². The lowest BCUT2D eigenvalue weighted by molar-refractivity contribution is 0.407. The highest BCUT2D eigenvalue weighted by Crippen LogP contribution is 2.32. The second kappa shape index (κ2) is 10.2. The molecule has 0 fully saturated rings. The zero-order chi connectivity index (χ0) is 24.1. The van der Waals surface area contributed by atoms with Crippen LogP contribution in [0.25, 0.3) is 28.2 Å². The van der Waals surface area contributed by atoms with Gasteiger partial charge in [0.2, 0.25) is 5.82 Å². The van der Waals surface area contributed by atoms with Crippen molar-refractivity contribution in [3.63, 3.8) is 0 Å². The third-order valence-corrected chi connectivity index (χ3v) is 5.50. The van der Waals surface area contributed by atoms with Gasteiger partial charge in [-0.1, -0.05) is 71.9 Å². The van der Waals surface area contributed by atoms with Crippen LogP contribution in [-0.2, 0) is 6.42 Å². The number of nitrogens with zero attached hydrogens (tertiary/aromatic N) is 3. The summed E-state index contributed by atoms with van der Waals surface area (Å²) in [5.74, 6) is -0.538. The lowest BCUT2D eigenvalue weighted by Gasteiger charge is -2.11. The smallest absolute Gasteiger partial charge is 0.277 e. The van der Waals surface area contributed by atoms with Crippen LogP contribution in [0, 0.1) is 11.6 Å². The van der Waals surface area contributed by atoms with Crippen molar-refractivity contribution in [2.45, 2.75) is 19.8 Å². The Kier molecular flexibility index (Phi) is 6.87. The molecule has 0 spiro atoms. The van der Waals surface area contributed by atoms with Gasteiger partial charge in [-0.2, -0.15) is 4.98 Å². The Morgan fingerprint density at radius 3 is 2.38 bits per heavy atom. The summed E-state index contributed by atoms with van der Waals surface area (Å²) in [5, 5.41) is 3.99. The van der Waals surface area contributed by atoms with E-state index in [2.05, 4.69) is 28.4 Å². The van der Waals surface area contributed by atoms with Crippen molar-refractivity contribution >= 4 is 23.6 Å². The first-order valence-electron chi connectivity index (χ1n) is 10.8. The molecule has 0 saturated heterocycles. The second-order valence-electron chi connectivity index (χ2n) is 7.84. The Balaban J connectivity index is 1.77. The van der Waals surface area contributed by atoms with Crippen LogP contribution in [0.5, 0.6) is 0 Å². The van der Waals surface area contributed by atoms with E-state index in [9.17, 15) is 8.78 Å². The van der Waals surface area contributed by atoms with E-state index in [0.29, 0.717) is 24.1 Å². The summed E-state index contributed by atoms with van der Waals surface area (Å²) >= 11 is 0. The average Bonchev–Trinajstić information content (AvgIpc) is 3.33. The Hall–Kier alpha value is -4.19. The van der Waals surface area contributed by atoms with Crippen LogP contribution in [0.3, 0.4) is 0 Å². The van der Waals surface area contributed by atoms with Gasteiger partial charge in [0.15, 0.2) is 0 Å². The zero-order valence-corrected chi connectivity index (χ0v) is 18.8. The molecule has 0 N–H and O–H groups in total. The Morgan fingerprint density at radius 2 is 1.68 bits per heavy atom. The fraction of sp³-hybridized carbons (Fsp3) is 0.107. The molecule has 6 heteroatoms. The molecule has 0 atom stereocenters. The Morgan fingerprint density at radius 1 is 0.941 bits per heavy atom. The number of aromatic nitrogens is 2. The lowest BCUT2D eigenvalue weighted by atomic mass is 9.96. The number of allylic oxidation sites excluding steroid dienone is 2. The predicted molar refractivity (Wildman–Crippen MR) is 132 cm³/mol. The van der Waals surface area contributed by atoms with Crippen LogP contribution in [0.15, 0.2) is 88.9 Å². The number of hydrogen-bond acceptors (Lipinski definition) is 4. The molecule has 34 heavy (non-hydrogen) atoms. The number of aliphatic imine (C=N–C) groups is 1. The van der Waals surface area contributed by atoms with Crippen LogP contribution >= 0.6 is 0 Å². The average molecular weight is 456 g/mol. The Bertz CT molecular complexity index is 1370. The highest BCUT2D eigenvalue weighted by Gasteiger charge is 2.20. The highest BCUT2D eigenvalue weighted by atomic mass is 19.1. The first-order chi connectivity index (χ1) is 16.5. The van der Waals surface area contributed by atoms with Gasteiger partial charge in [-0.25, -0.2) is 8.78 Å². The largest absolute Gasteiger partial charge is 0.332 e. The molecule has 170 valence electrons. The number of benzene rings is 3. The first kappa shape index (κ1) is 23.0. The molecular formula is C28H23F2N3O. The van der Waals surface area contributed by atoms with Crippen molar-refractivity contribution in [3.05, 3.63) is 114 Å². The van der Waals surface area contributed by atoms with Crippen LogP contribution in [0.4, 0.5) is 8.78 Å². The fourth-order valence-electron chi connectivity index (χ4n) is 3.68. The summed E-state index contributed by atoms with van der Waals surface area (Å²) in [7, 11) is 0. The van der Waals surface area contributed by atoms with Crippen LogP contribution in [-0.4, -0.2) is 16.9 Å². The molecule has 1 heterocycles. The van der Waals surface area contributed by atoms with Gasteiger partial charge in [-0.15, -0.1) is 0 Å². The lowest BCUT2D eigenvalue weighted by Crippen LogP contribution is -1.97. The molecular weight excluding hydrogens is 432 g/mol. The van der Waals surface area contributed by atoms with E-state index in [1.807, 2.05) is 37.3 Å². The molecule has 0 bridgehead atoms. The van der Waals surface area contributed by atoms with Gasteiger partial charge in [0, 0.05) is 0 Å². The molecule has 4 nitrogen and oxygen atoms in total. The molecule has 1 aromatic heterocycles. The SMILES string of the molecule is C=N/C(=C(\CCc1ccccc1F)c1ccccc1)c1nc(-c2cc(C(=C)C)ccc2F)no1. The van der Waals surface area contributed by atoms with Gasteiger partial charge in [0.1, 0.15) is 17.3 Å². The second-order valence-corrected chi connectivity index (χ2v) is 7.84. The quantitative estimate of drug-likeness (QED) is 0.263. The third-order valence-electron chi connectivity index (χ3n) is 5.50. The zero-order valence-electron chi connectivity index (χ0n) is 18.8. The fourth-order valence-corrected chi connectivity index (χ4v) is 3.68. The molecule has 0 aliphatic heterocycles. The number of halogens is 2. The monoisotopic (exact) mass is 455 g/mol. The van der Waals surface area contributed by atoms with E-state index < -0.39 is 5.82 Å². The number of rotatable bonds is 8. The van der Waals surface area contributed by atoms with Crippen molar-refractivity contribution < 1.29 is 13.3 Å². The van der Waals surface area contributed by atoms with E-state index in [-0.39, 0.29) is 23.1 Å². The van der Waals surface area contributed by atoms with Crippen LogP contribution < -0.4 is 0 Å². The van der Waals surface area contributed by atoms with Gasteiger partial charge >= 0.3 is 0 Å². The van der Waals surface area contributed by atoms with E-state index in [4.69, 9.17) is 4.52 Å². The first-order valence-corrected chi connectivity index (χ1v) is 10.8. The molecule has 0 aliphatic carbocycles. The molecule has 0 unspecified atom stereocenters. The topological polar surface area (TPSA) is 51.3 Å². The van der Waals surface area contributed by atoms with Crippen molar-refractivity contribution in [3.8, 4) is 11.4 Å². The molecule has 0 aliphatic rings. The van der Waals surface area contributed by atoms with E-state index in [1.54, 1.807) is 30.3 Å². The summed E-state index contributed by atoms with van der Waals surface area (Å²) in [6.45, 7) is 9.43. The summed E-state index contributed by atoms with van der Waals surface area (Å²) < 4.78 is 34.3. The minimum atomic E-state index is -0.475. The van der Waals surface area contributed by atoms with Crippen molar-refractivity contribution in [1.82, 2.24) is 10.1 Å². The minimum absolute atomic E-state index is 0.0956. The molecule has 3 aromatic carbocycles. The highest BCUT2D eigenvalue weighted by molar-refractivity contribution is 5.89. The van der Waals surface area contributed by atoms with Gasteiger partial charge in [0.25, 0.3) is 5.89 Å². The van der Waals surface area contributed by atoms with Gasteiger partial charge < -0.3 is 4.52 Å². The van der Waals surface area contributed by atoms with Gasteiger partial charge in [-0.05, 0) is 66.9 Å². The molecule has 4 aromatic rings.